The van der Waals surface area contributed by atoms with Gasteiger partial charge in [-0.1, -0.05) is 18.2 Å². The highest BCUT2D eigenvalue weighted by molar-refractivity contribution is 5.99. The average molecular weight is 474 g/mol. The molecule has 4 aromatic rings. The van der Waals surface area contributed by atoms with Gasteiger partial charge >= 0.3 is 5.97 Å². The Labute approximate surface area is 203 Å². The number of anilines is 1. The Kier molecular flexibility index (Phi) is 6.96. The van der Waals surface area contributed by atoms with Crippen LogP contribution in [0.3, 0.4) is 0 Å². The molecule has 180 valence electrons. The van der Waals surface area contributed by atoms with Crippen molar-refractivity contribution in [1.82, 2.24) is 19.6 Å². The van der Waals surface area contributed by atoms with Gasteiger partial charge in [-0.25, -0.2) is 14.2 Å². The van der Waals surface area contributed by atoms with Crippen LogP contribution in [0.25, 0.3) is 16.9 Å². The summed E-state index contributed by atoms with van der Waals surface area (Å²) in [5.41, 5.74) is 2.18. The molecule has 0 aliphatic carbocycles. The Hall–Kier alpha value is -4.40. The molecule has 1 unspecified atom stereocenters. The number of rotatable bonds is 8. The lowest BCUT2D eigenvalue weighted by atomic mass is 10.1. The fourth-order valence-electron chi connectivity index (χ4n) is 3.53. The second kappa shape index (κ2) is 10.3. The maximum atomic E-state index is 13.2. The van der Waals surface area contributed by atoms with Crippen LogP contribution in [-0.4, -0.2) is 44.7 Å². The molecule has 0 aliphatic rings. The maximum Gasteiger partial charge on any atom is 0.342 e. The Balaban J connectivity index is 1.59. The lowest BCUT2D eigenvalue weighted by Gasteiger charge is -2.15. The van der Waals surface area contributed by atoms with E-state index in [9.17, 15) is 9.59 Å². The second-order valence-electron chi connectivity index (χ2n) is 8.19. The van der Waals surface area contributed by atoms with E-state index < -0.39 is 18.0 Å². The molecule has 0 spiro atoms. The predicted molar refractivity (Wildman–Crippen MR) is 132 cm³/mol. The van der Waals surface area contributed by atoms with Gasteiger partial charge in [0.15, 0.2) is 6.10 Å². The third-order valence-electron chi connectivity index (χ3n) is 5.38. The van der Waals surface area contributed by atoms with Gasteiger partial charge in [0.2, 0.25) is 0 Å². The van der Waals surface area contributed by atoms with Crippen LogP contribution in [0, 0.1) is 0 Å². The van der Waals surface area contributed by atoms with Crippen LogP contribution in [0.1, 0.15) is 37.2 Å². The van der Waals surface area contributed by atoms with Crippen LogP contribution in [0.15, 0.2) is 73.1 Å². The summed E-state index contributed by atoms with van der Waals surface area (Å²) in [4.78, 5) is 25.9. The van der Waals surface area contributed by atoms with Gasteiger partial charge < -0.3 is 14.8 Å². The molecular weight excluding hydrogens is 446 g/mol. The minimum Gasteiger partial charge on any atom is -0.497 e. The summed E-state index contributed by atoms with van der Waals surface area (Å²) in [5.74, 6) is 0.107. The Bertz CT molecular complexity index is 1310. The molecule has 2 heterocycles. The number of carbonyl (C=O) groups is 2. The number of methoxy groups -OCH3 is 1. The molecule has 1 atom stereocenters. The molecule has 0 saturated carbocycles. The van der Waals surface area contributed by atoms with Crippen molar-refractivity contribution in [2.75, 3.05) is 12.4 Å². The summed E-state index contributed by atoms with van der Waals surface area (Å²) in [6.07, 6.45) is 2.17. The molecule has 0 aliphatic heterocycles. The van der Waals surface area contributed by atoms with Crippen LogP contribution >= 0.6 is 0 Å². The second-order valence-corrected chi connectivity index (χ2v) is 8.19. The molecule has 0 saturated heterocycles. The number of para-hydroxylation sites is 1. The third kappa shape index (κ3) is 5.24. The highest BCUT2D eigenvalue weighted by Crippen LogP contribution is 2.27. The van der Waals surface area contributed by atoms with E-state index in [1.807, 2.05) is 56.3 Å². The predicted octanol–water partition coefficient (Wildman–Crippen LogP) is 4.51. The van der Waals surface area contributed by atoms with Gasteiger partial charge in [0, 0.05) is 23.9 Å². The fraction of sp³-hybridized carbons (Fsp3) is 0.231. The van der Waals surface area contributed by atoms with E-state index in [4.69, 9.17) is 9.47 Å². The first-order valence-corrected chi connectivity index (χ1v) is 11.2. The first-order chi connectivity index (χ1) is 16.9. The summed E-state index contributed by atoms with van der Waals surface area (Å²) in [5, 5.41) is 11.6. The van der Waals surface area contributed by atoms with Crippen LogP contribution in [-0.2, 0) is 9.53 Å². The van der Waals surface area contributed by atoms with E-state index in [2.05, 4.69) is 15.5 Å². The summed E-state index contributed by atoms with van der Waals surface area (Å²) in [6, 6.07) is 18.4. The lowest BCUT2D eigenvalue weighted by Crippen LogP contribution is -2.31. The van der Waals surface area contributed by atoms with Crippen LogP contribution in [0.5, 0.6) is 5.75 Å². The number of amides is 1. The Morgan fingerprint density at radius 1 is 0.971 bits per heavy atom. The van der Waals surface area contributed by atoms with Crippen molar-refractivity contribution in [3.8, 4) is 22.7 Å². The topological polar surface area (TPSA) is 100 Å². The number of nitrogens with one attached hydrogen (secondary N) is 1. The van der Waals surface area contributed by atoms with Crippen LogP contribution in [0.4, 0.5) is 5.82 Å². The smallest absolute Gasteiger partial charge is 0.342 e. The van der Waals surface area contributed by atoms with Gasteiger partial charge in [-0.05, 0) is 57.2 Å². The summed E-state index contributed by atoms with van der Waals surface area (Å²) in [7, 11) is 1.59. The number of ether oxygens (including phenoxy) is 2. The molecule has 4 rings (SSSR count). The normalized spacial score (nSPS) is 11.8. The molecule has 35 heavy (non-hydrogen) atoms. The van der Waals surface area contributed by atoms with E-state index in [1.165, 1.54) is 6.92 Å². The van der Waals surface area contributed by atoms with Gasteiger partial charge in [-0.2, -0.15) is 10.2 Å². The Morgan fingerprint density at radius 2 is 1.69 bits per heavy atom. The first kappa shape index (κ1) is 23.7. The minimum absolute atomic E-state index is 0.0639. The lowest BCUT2D eigenvalue weighted by molar-refractivity contribution is -0.123. The Morgan fingerprint density at radius 3 is 2.34 bits per heavy atom. The number of esters is 1. The number of hydrogen-bond acceptors (Lipinski definition) is 6. The third-order valence-corrected chi connectivity index (χ3v) is 5.38. The highest BCUT2D eigenvalue weighted by Gasteiger charge is 2.25. The molecule has 0 fully saturated rings. The van der Waals surface area contributed by atoms with E-state index >= 15 is 0 Å². The average Bonchev–Trinajstić information content (AvgIpc) is 3.52. The SMILES string of the molecule is COc1ccc(-c2nn(-c3ccccc3)cc2C(=O)OC(C)C(=O)Nc2ccnn2C(C)C)cc1. The van der Waals surface area contributed by atoms with Gasteiger partial charge in [0.25, 0.3) is 5.91 Å². The molecular formula is C26H27N5O4. The molecule has 9 nitrogen and oxygen atoms in total. The van der Waals surface area contributed by atoms with Crippen molar-refractivity contribution in [1.29, 1.82) is 0 Å². The van der Waals surface area contributed by atoms with E-state index in [-0.39, 0.29) is 11.6 Å². The molecule has 2 aromatic heterocycles. The van der Waals surface area contributed by atoms with E-state index in [1.54, 1.807) is 47.1 Å². The summed E-state index contributed by atoms with van der Waals surface area (Å²) >= 11 is 0. The summed E-state index contributed by atoms with van der Waals surface area (Å²) in [6.45, 7) is 5.44. The van der Waals surface area contributed by atoms with Crippen molar-refractivity contribution in [2.24, 2.45) is 0 Å². The molecule has 0 radical (unpaired) electrons. The zero-order valence-corrected chi connectivity index (χ0v) is 20.0. The standard InChI is InChI=1S/C26H27N5O4/c1-17(2)31-23(14-15-27-31)28-25(32)18(3)35-26(33)22-16-30(20-8-6-5-7-9-20)29-24(22)19-10-12-21(34-4)13-11-19/h5-18H,1-4H3,(H,28,32). The van der Waals surface area contributed by atoms with Crippen molar-refractivity contribution >= 4 is 17.7 Å². The van der Waals surface area contributed by atoms with Gasteiger partial charge in [0.05, 0.1) is 19.0 Å². The van der Waals surface area contributed by atoms with Crippen molar-refractivity contribution < 1.29 is 19.1 Å². The monoisotopic (exact) mass is 473 g/mol. The number of hydrogen-bond donors (Lipinski definition) is 1. The van der Waals surface area contributed by atoms with Gasteiger partial charge in [0.1, 0.15) is 22.8 Å². The van der Waals surface area contributed by atoms with Crippen molar-refractivity contribution in [3.63, 3.8) is 0 Å². The quantitative estimate of drug-likeness (QED) is 0.378. The minimum atomic E-state index is -1.04. The van der Waals surface area contributed by atoms with Crippen molar-refractivity contribution in [3.05, 3.63) is 78.6 Å². The number of nitrogens with zero attached hydrogens (tertiary/aromatic N) is 4. The van der Waals surface area contributed by atoms with Crippen LogP contribution < -0.4 is 10.1 Å². The highest BCUT2D eigenvalue weighted by atomic mass is 16.5. The largest absolute Gasteiger partial charge is 0.497 e. The molecule has 1 amide bonds. The zero-order chi connectivity index (χ0) is 24.9. The van der Waals surface area contributed by atoms with Crippen LogP contribution in [0.2, 0.25) is 0 Å². The number of benzene rings is 2. The van der Waals surface area contributed by atoms with Gasteiger partial charge in [-0.15, -0.1) is 0 Å². The van der Waals surface area contributed by atoms with Crippen molar-refractivity contribution in [2.45, 2.75) is 32.9 Å². The maximum absolute atomic E-state index is 13.2. The van der Waals surface area contributed by atoms with E-state index in [0.717, 1.165) is 5.69 Å². The molecule has 0 bridgehead atoms. The zero-order valence-electron chi connectivity index (χ0n) is 20.0. The van der Waals surface area contributed by atoms with E-state index in [0.29, 0.717) is 22.8 Å². The fourth-order valence-corrected chi connectivity index (χ4v) is 3.53. The van der Waals surface area contributed by atoms with Gasteiger partial charge in [-0.3, -0.25) is 4.79 Å². The molecule has 1 N–H and O–H groups in total. The first-order valence-electron chi connectivity index (χ1n) is 11.2. The molecule has 2 aromatic carbocycles. The summed E-state index contributed by atoms with van der Waals surface area (Å²) < 4.78 is 14.1. The molecule has 9 heteroatoms. The number of aromatic nitrogens is 4. The number of carbonyl (C=O) groups excluding carboxylic acids is 2.